The average molecular weight is 406 g/mol. The van der Waals surface area contributed by atoms with Crippen molar-refractivity contribution in [2.24, 2.45) is 5.92 Å². The van der Waals surface area contributed by atoms with Crippen LogP contribution in [0.4, 0.5) is 0 Å². The van der Waals surface area contributed by atoms with E-state index in [0.717, 1.165) is 23.2 Å². The summed E-state index contributed by atoms with van der Waals surface area (Å²) >= 11 is 0. The lowest BCUT2D eigenvalue weighted by Crippen LogP contribution is -2.20. The number of hydrogen-bond donors (Lipinski definition) is 0. The van der Waals surface area contributed by atoms with Crippen LogP contribution in [0.2, 0.25) is 0 Å². The van der Waals surface area contributed by atoms with Crippen LogP contribution in [0.3, 0.4) is 0 Å². The van der Waals surface area contributed by atoms with E-state index in [9.17, 15) is 4.79 Å². The summed E-state index contributed by atoms with van der Waals surface area (Å²) in [6, 6.07) is 7.53. The SMILES string of the molecule is COCCn1cc(-c2cnc(C)nc2OC[C@H]2C[C@@H]2c2ccc(C)cn2)ccc1=O. The van der Waals surface area contributed by atoms with Crippen molar-refractivity contribution in [1.82, 2.24) is 19.5 Å². The fourth-order valence-electron chi connectivity index (χ4n) is 3.49. The summed E-state index contributed by atoms with van der Waals surface area (Å²) in [6.45, 7) is 5.41. The third-order valence-electron chi connectivity index (χ3n) is 5.38. The van der Waals surface area contributed by atoms with Gasteiger partial charge in [0.1, 0.15) is 5.82 Å². The lowest BCUT2D eigenvalue weighted by molar-refractivity contribution is 0.186. The number of rotatable bonds is 8. The second-order valence-corrected chi connectivity index (χ2v) is 7.75. The van der Waals surface area contributed by atoms with Crippen molar-refractivity contribution in [3.05, 3.63) is 70.3 Å². The van der Waals surface area contributed by atoms with Crippen LogP contribution in [0.1, 0.15) is 29.4 Å². The molecule has 3 aromatic heterocycles. The van der Waals surface area contributed by atoms with Gasteiger partial charge < -0.3 is 14.0 Å². The predicted molar refractivity (Wildman–Crippen MR) is 114 cm³/mol. The van der Waals surface area contributed by atoms with Gasteiger partial charge in [-0.1, -0.05) is 6.07 Å². The number of methoxy groups -OCH3 is 1. The van der Waals surface area contributed by atoms with Gasteiger partial charge in [0.15, 0.2) is 0 Å². The summed E-state index contributed by atoms with van der Waals surface area (Å²) in [6.07, 6.45) is 6.54. The van der Waals surface area contributed by atoms with Crippen molar-refractivity contribution in [3.8, 4) is 17.0 Å². The smallest absolute Gasteiger partial charge is 0.250 e. The Morgan fingerprint density at radius 1 is 1.13 bits per heavy atom. The summed E-state index contributed by atoms with van der Waals surface area (Å²) in [4.78, 5) is 25.5. The van der Waals surface area contributed by atoms with Crippen molar-refractivity contribution >= 4 is 0 Å². The van der Waals surface area contributed by atoms with Gasteiger partial charge in [0.25, 0.3) is 5.56 Å². The molecule has 0 unspecified atom stereocenters. The van der Waals surface area contributed by atoms with Gasteiger partial charge in [-0.15, -0.1) is 0 Å². The number of hydrogen-bond acceptors (Lipinski definition) is 6. The minimum absolute atomic E-state index is 0.0716. The Hall–Kier alpha value is -3.06. The van der Waals surface area contributed by atoms with Crippen LogP contribution < -0.4 is 10.3 Å². The second kappa shape index (κ2) is 8.75. The van der Waals surface area contributed by atoms with Gasteiger partial charge in [0.05, 0.1) is 18.8 Å². The molecule has 0 amide bonds. The molecule has 2 atom stereocenters. The van der Waals surface area contributed by atoms with Crippen molar-refractivity contribution in [2.45, 2.75) is 32.7 Å². The molecule has 1 fully saturated rings. The second-order valence-electron chi connectivity index (χ2n) is 7.75. The lowest BCUT2D eigenvalue weighted by Gasteiger charge is -2.12. The van der Waals surface area contributed by atoms with Gasteiger partial charge in [0.2, 0.25) is 5.88 Å². The minimum Gasteiger partial charge on any atom is -0.477 e. The Morgan fingerprint density at radius 2 is 2.00 bits per heavy atom. The molecule has 0 bridgehead atoms. The predicted octanol–water partition coefficient (Wildman–Crippen LogP) is 3.15. The number of aryl methyl sites for hydroxylation is 2. The van der Waals surface area contributed by atoms with Gasteiger partial charge in [-0.2, -0.15) is 4.98 Å². The summed E-state index contributed by atoms with van der Waals surface area (Å²) in [7, 11) is 1.62. The molecule has 0 saturated heterocycles. The molecule has 0 spiro atoms. The molecule has 0 aliphatic heterocycles. The molecule has 4 rings (SSSR count). The molecule has 0 N–H and O–H groups in total. The maximum atomic E-state index is 12.1. The maximum Gasteiger partial charge on any atom is 0.250 e. The average Bonchev–Trinajstić information content (AvgIpc) is 3.52. The Labute approximate surface area is 175 Å². The first kappa shape index (κ1) is 20.2. The molecule has 3 aromatic rings. The van der Waals surface area contributed by atoms with Gasteiger partial charge in [0, 0.05) is 61.4 Å². The number of ether oxygens (including phenoxy) is 2. The minimum atomic E-state index is -0.0716. The zero-order valence-electron chi connectivity index (χ0n) is 17.5. The summed E-state index contributed by atoms with van der Waals surface area (Å²) in [5.41, 5.74) is 3.84. The number of pyridine rings is 2. The highest BCUT2D eigenvalue weighted by Crippen LogP contribution is 2.47. The fraction of sp³-hybridized carbons (Fsp3) is 0.391. The van der Waals surface area contributed by atoms with Gasteiger partial charge in [-0.05, 0) is 38.0 Å². The van der Waals surface area contributed by atoms with E-state index in [4.69, 9.17) is 9.47 Å². The van der Waals surface area contributed by atoms with Crippen molar-refractivity contribution in [1.29, 1.82) is 0 Å². The van der Waals surface area contributed by atoms with Crippen molar-refractivity contribution in [2.75, 3.05) is 20.3 Å². The highest BCUT2D eigenvalue weighted by Gasteiger charge is 2.40. The first-order valence-corrected chi connectivity index (χ1v) is 10.1. The third-order valence-corrected chi connectivity index (χ3v) is 5.38. The van der Waals surface area contributed by atoms with Crippen LogP contribution in [-0.4, -0.2) is 39.8 Å². The topological polar surface area (TPSA) is 79.1 Å². The Balaban J connectivity index is 1.50. The number of nitrogens with zero attached hydrogens (tertiary/aromatic N) is 4. The Kier molecular flexibility index (Phi) is 5.90. The molecule has 3 heterocycles. The highest BCUT2D eigenvalue weighted by atomic mass is 16.5. The largest absolute Gasteiger partial charge is 0.477 e. The summed E-state index contributed by atoms with van der Waals surface area (Å²) < 4.78 is 12.9. The Morgan fingerprint density at radius 3 is 2.77 bits per heavy atom. The molecule has 0 aromatic carbocycles. The third kappa shape index (κ3) is 4.57. The normalized spacial score (nSPS) is 17.7. The molecule has 1 aliphatic carbocycles. The zero-order chi connectivity index (χ0) is 21.1. The quantitative estimate of drug-likeness (QED) is 0.572. The first-order chi connectivity index (χ1) is 14.5. The van der Waals surface area contributed by atoms with Crippen LogP contribution in [0.5, 0.6) is 5.88 Å². The molecule has 1 saturated carbocycles. The zero-order valence-corrected chi connectivity index (χ0v) is 17.5. The first-order valence-electron chi connectivity index (χ1n) is 10.1. The van der Waals surface area contributed by atoms with Crippen LogP contribution >= 0.6 is 0 Å². The van der Waals surface area contributed by atoms with Crippen LogP contribution in [0.15, 0.2) is 47.7 Å². The van der Waals surface area contributed by atoms with E-state index in [2.05, 4.69) is 27.1 Å². The van der Waals surface area contributed by atoms with Crippen LogP contribution in [-0.2, 0) is 11.3 Å². The lowest BCUT2D eigenvalue weighted by atomic mass is 10.1. The maximum absolute atomic E-state index is 12.1. The van der Waals surface area contributed by atoms with E-state index in [1.807, 2.05) is 20.0 Å². The summed E-state index contributed by atoms with van der Waals surface area (Å²) in [5, 5.41) is 0. The van der Waals surface area contributed by atoms with Crippen molar-refractivity contribution in [3.63, 3.8) is 0 Å². The van der Waals surface area contributed by atoms with Gasteiger partial charge >= 0.3 is 0 Å². The molecular formula is C23H26N4O3. The molecule has 0 radical (unpaired) electrons. The monoisotopic (exact) mass is 406 g/mol. The van der Waals surface area contributed by atoms with Gasteiger partial charge in [-0.25, -0.2) is 4.98 Å². The molecule has 7 nitrogen and oxygen atoms in total. The molecule has 1 aliphatic rings. The van der Waals surface area contributed by atoms with E-state index >= 15 is 0 Å². The van der Waals surface area contributed by atoms with Gasteiger partial charge in [-0.3, -0.25) is 9.78 Å². The van der Waals surface area contributed by atoms with Crippen LogP contribution in [0.25, 0.3) is 11.1 Å². The molecule has 7 heteroatoms. The molecule has 156 valence electrons. The van der Waals surface area contributed by atoms with Crippen molar-refractivity contribution < 1.29 is 9.47 Å². The van der Waals surface area contributed by atoms with Crippen LogP contribution in [0, 0.1) is 19.8 Å². The molecular weight excluding hydrogens is 380 g/mol. The van der Waals surface area contributed by atoms with E-state index in [1.54, 1.807) is 36.2 Å². The Bertz CT molecular complexity index is 1080. The highest BCUT2D eigenvalue weighted by molar-refractivity contribution is 5.66. The summed E-state index contributed by atoms with van der Waals surface area (Å²) in [5.74, 6) is 2.06. The van der Waals surface area contributed by atoms with E-state index in [-0.39, 0.29) is 5.56 Å². The van der Waals surface area contributed by atoms with E-state index in [1.165, 1.54) is 5.56 Å². The van der Waals surface area contributed by atoms with E-state index < -0.39 is 0 Å². The van der Waals surface area contributed by atoms with E-state index in [0.29, 0.717) is 43.3 Å². The fourth-order valence-corrected chi connectivity index (χ4v) is 3.49. The standard InChI is InChI=1S/C23H26N4O3/c1-15-4-6-21(25-11-15)19-10-18(19)14-30-23-20(12-24-16(2)26-23)17-5-7-22(28)27(13-17)8-9-29-3/h4-7,11-13,18-19H,8-10,14H2,1-3H3/t18-,19+/m1/s1. The molecule has 30 heavy (non-hydrogen) atoms. The number of aromatic nitrogens is 4.